The van der Waals surface area contributed by atoms with Crippen LogP contribution in [-0.4, -0.2) is 108 Å². The monoisotopic (exact) mass is 787 g/mol. The summed E-state index contributed by atoms with van der Waals surface area (Å²) in [5.74, 6) is -1.44. The van der Waals surface area contributed by atoms with Crippen molar-refractivity contribution in [3.8, 4) is 5.75 Å². The molecule has 0 bridgehead atoms. The summed E-state index contributed by atoms with van der Waals surface area (Å²) in [5, 5.41) is 41.2. The van der Waals surface area contributed by atoms with E-state index >= 15 is 0 Å². The standard InChI is InChI=1S/C40H44F3N9O5/c1-2-18-51(37(56)40(41,42)43)30-20-31(34(55)33(30)54)52-23-45-32-35(44-21-29(24-9-5-3-6-10-24)25-11-7-4-8-12-25)48-38(49-36(32)52)50-19-17-27(22-50)47-39(57)46-26-13-15-28(53)16-14-26/h3-16,23,27,29-31,33-34,53-55H,2,17-22H2,1H3,(H,44,48,49)(H2,46,47,57)/t27-,30+,31-,33-,34+/m1/s1. The fourth-order valence-corrected chi connectivity index (χ4v) is 7.76. The number of hydrogen-bond donors (Lipinski definition) is 6. The van der Waals surface area contributed by atoms with Gasteiger partial charge in [-0.2, -0.15) is 23.1 Å². The molecule has 2 aromatic heterocycles. The van der Waals surface area contributed by atoms with Gasteiger partial charge in [0.1, 0.15) is 18.0 Å². The van der Waals surface area contributed by atoms with Crippen LogP contribution < -0.4 is 20.9 Å². The summed E-state index contributed by atoms with van der Waals surface area (Å²) >= 11 is 0. The lowest BCUT2D eigenvalue weighted by Gasteiger charge is -2.31. The quantitative estimate of drug-likeness (QED) is 0.0942. The van der Waals surface area contributed by atoms with Gasteiger partial charge in [0.25, 0.3) is 0 Å². The number of halogens is 3. The first kappa shape index (κ1) is 39.3. The van der Waals surface area contributed by atoms with E-state index < -0.39 is 42.4 Å². The van der Waals surface area contributed by atoms with Crippen LogP contribution in [0.25, 0.3) is 11.2 Å². The molecule has 1 aliphatic heterocycles. The highest BCUT2D eigenvalue weighted by Gasteiger charge is 2.51. The van der Waals surface area contributed by atoms with Gasteiger partial charge in [-0.05, 0) is 54.7 Å². The van der Waals surface area contributed by atoms with Gasteiger partial charge >= 0.3 is 18.1 Å². The van der Waals surface area contributed by atoms with E-state index in [1.165, 1.54) is 23.0 Å². The number of benzene rings is 3. The van der Waals surface area contributed by atoms with Crippen molar-refractivity contribution in [1.82, 2.24) is 29.7 Å². The molecule has 17 heteroatoms. The number of fused-ring (bicyclic) bond motifs is 1. The number of phenolic OH excluding ortho intramolecular Hbond substituents is 1. The number of amides is 3. The number of carbonyl (C=O) groups excluding carboxylic acids is 2. The molecule has 2 fully saturated rings. The van der Waals surface area contributed by atoms with Gasteiger partial charge in [-0.3, -0.25) is 4.79 Å². The van der Waals surface area contributed by atoms with Crippen LogP contribution in [-0.2, 0) is 4.79 Å². The molecule has 1 aliphatic carbocycles. The van der Waals surface area contributed by atoms with Crippen LogP contribution >= 0.6 is 0 Å². The van der Waals surface area contributed by atoms with Crippen molar-refractivity contribution < 1.29 is 38.1 Å². The number of anilines is 3. The van der Waals surface area contributed by atoms with E-state index in [1.807, 2.05) is 65.6 Å². The Kier molecular flexibility index (Phi) is 11.5. The van der Waals surface area contributed by atoms with Crippen LogP contribution in [0.4, 0.5) is 35.4 Å². The van der Waals surface area contributed by atoms with Gasteiger partial charge in [-0.25, -0.2) is 9.78 Å². The molecule has 14 nitrogen and oxygen atoms in total. The van der Waals surface area contributed by atoms with Crippen molar-refractivity contribution in [3.63, 3.8) is 0 Å². The highest BCUT2D eigenvalue weighted by molar-refractivity contribution is 5.89. The molecule has 3 aromatic carbocycles. The zero-order chi connectivity index (χ0) is 40.3. The predicted molar refractivity (Wildman–Crippen MR) is 207 cm³/mol. The fraction of sp³-hybridized carbons (Fsp3) is 0.375. The highest BCUT2D eigenvalue weighted by Crippen LogP contribution is 2.38. The van der Waals surface area contributed by atoms with Gasteiger partial charge < -0.3 is 45.6 Å². The minimum absolute atomic E-state index is 0.0728. The van der Waals surface area contributed by atoms with Gasteiger partial charge in [0, 0.05) is 43.8 Å². The van der Waals surface area contributed by atoms with Crippen LogP contribution in [0.3, 0.4) is 0 Å². The summed E-state index contributed by atoms with van der Waals surface area (Å²) < 4.78 is 42.5. The van der Waals surface area contributed by atoms with E-state index in [4.69, 9.17) is 9.97 Å². The van der Waals surface area contributed by atoms with Gasteiger partial charge in [-0.1, -0.05) is 67.6 Å². The summed E-state index contributed by atoms with van der Waals surface area (Å²) in [6.07, 6.45) is -6.37. The van der Waals surface area contributed by atoms with Crippen molar-refractivity contribution in [2.24, 2.45) is 0 Å². The zero-order valence-electron chi connectivity index (χ0n) is 31.0. The minimum atomic E-state index is -5.16. The van der Waals surface area contributed by atoms with Crippen LogP contribution in [0.5, 0.6) is 5.75 Å². The number of aromatic nitrogens is 4. The topological polar surface area (TPSA) is 181 Å². The first-order valence-corrected chi connectivity index (χ1v) is 18.8. The lowest BCUT2D eigenvalue weighted by Crippen LogP contribution is -2.51. The van der Waals surface area contributed by atoms with E-state index in [9.17, 15) is 38.1 Å². The van der Waals surface area contributed by atoms with Crippen LogP contribution in [0.15, 0.2) is 91.3 Å². The number of aromatic hydroxyl groups is 1. The molecule has 2 aliphatic rings. The molecule has 3 amide bonds. The number of hydrogen-bond acceptors (Lipinski definition) is 10. The molecular weight excluding hydrogens is 743 g/mol. The van der Waals surface area contributed by atoms with Crippen molar-refractivity contribution in [3.05, 3.63) is 102 Å². The summed E-state index contributed by atoms with van der Waals surface area (Å²) in [5.41, 5.74) is 3.23. The van der Waals surface area contributed by atoms with E-state index in [1.54, 1.807) is 19.1 Å². The lowest BCUT2D eigenvalue weighted by molar-refractivity contribution is -0.190. The Morgan fingerprint density at radius 2 is 1.61 bits per heavy atom. The first-order chi connectivity index (χ1) is 27.4. The molecule has 1 saturated carbocycles. The molecule has 6 N–H and O–H groups in total. The van der Waals surface area contributed by atoms with Gasteiger partial charge in [0.15, 0.2) is 17.0 Å². The summed E-state index contributed by atoms with van der Waals surface area (Å²) in [7, 11) is 0. The Hall–Kier alpha value is -5.94. The molecule has 5 aromatic rings. The normalized spacial score (nSPS) is 20.9. The minimum Gasteiger partial charge on any atom is -0.508 e. The van der Waals surface area contributed by atoms with E-state index in [0.717, 1.165) is 11.1 Å². The van der Waals surface area contributed by atoms with Gasteiger partial charge in [0.2, 0.25) is 5.95 Å². The number of nitrogens with one attached hydrogen (secondary N) is 3. The van der Waals surface area contributed by atoms with Crippen molar-refractivity contribution in [2.75, 3.05) is 41.7 Å². The summed E-state index contributed by atoms with van der Waals surface area (Å²) in [6.45, 7) is 2.58. The second-order valence-electron chi connectivity index (χ2n) is 14.4. The number of phenols is 1. The maximum Gasteiger partial charge on any atom is 0.471 e. The molecule has 5 atom stereocenters. The molecule has 1 saturated heterocycles. The molecule has 57 heavy (non-hydrogen) atoms. The predicted octanol–water partition coefficient (Wildman–Crippen LogP) is 5.01. The summed E-state index contributed by atoms with van der Waals surface area (Å²) in [6, 6.07) is 23.0. The molecule has 0 radical (unpaired) electrons. The molecule has 0 unspecified atom stereocenters. The molecular formula is C40H44F3N9O5. The maximum atomic E-state index is 13.7. The number of imidazole rings is 1. The Balaban J connectivity index is 1.20. The van der Waals surface area contributed by atoms with E-state index in [2.05, 4.69) is 20.9 Å². The fourth-order valence-electron chi connectivity index (χ4n) is 7.76. The third-order valence-corrected chi connectivity index (χ3v) is 10.6. The number of carbonyl (C=O) groups is 2. The van der Waals surface area contributed by atoms with Crippen molar-refractivity contribution in [1.29, 1.82) is 0 Å². The zero-order valence-corrected chi connectivity index (χ0v) is 31.0. The maximum absolute atomic E-state index is 13.7. The Bertz CT molecular complexity index is 2120. The Morgan fingerprint density at radius 3 is 2.25 bits per heavy atom. The number of aliphatic hydroxyl groups is 2. The molecule has 7 rings (SSSR count). The number of rotatable bonds is 12. The number of nitrogens with zero attached hydrogens (tertiary/aromatic N) is 6. The first-order valence-electron chi connectivity index (χ1n) is 18.8. The lowest BCUT2D eigenvalue weighted by atomic mass is 9.91. The second-order valence-corrected chi connectivity index (χ2v) is 14.4. The van der Waals surface area contributed by atoms with Crippen molar-refractivity contribution >= 4 is 40.6 Å². The van der Waals surface area contributed by atoms with Crippen molar-refractivity contribution in [2.45, 2.75) is 68.6 Å². The van der Waals surface area contributed by atoms with Gasteiger partial charge in [0.05, 0.1) is 18.4 Å². The average molecular weight is 788 g/mol. The summed E-state index contributed by atoms with van der Waals surface area (Å²) in [4.78, 5) is 42.2. The Morgan fingerprint density at radius 1 is 0.947 bits per heavy atom. The highest BCUT2D eigenvalue weighted by atomic mass is 19.4. The Labute approximate surface area is 326 Å². The van der Waals surface area contributed by atoms with E-state index in [-0.39, 0.29) is 48.7 Å². The number of urea groups is 1. The third kappa shape index (κ3) is 8.58. The van der Waals surface area contributed by atoms with Crippen LogP contribution in [0.1, 0.15) is 49.3 Å². The van der Waals surface area contributed by atoms with Gasteiger partial charge in [-0.15, -0.1) is 0 Å². The average Bonchev–Trinajstić information content (AvgIpc) is 3.92. The number of alkyl halides is 3. The molecule has 3 heterocycles. The second kappa shape index (κ2) is 16.7. The third-order valence-electron chi connectivity index (χ3n) is 10.6. The SMILES string of the molecule is CCCN(C(=O)C(F)(F)F)[C@H]1C[C@@H](n2cnc3c(NCC(c4ccccc4)c4ccccc4)nc(N4CC[C@@H](NC(=O)Nc5ccc(O)cc5)C4)nc32)[C@H](O)[C@@H]1O. The van der Waals surface area contributed by atoms with Crippen LogP contribution in [0, 0.1) is 0 Å². The molecule has 0 spiro atoms. The number of aliphatic hydroxyl groups excluding tert-OH is 2. The van der Waals surface area contributed by atoms with E-state index in [0.29, 0.717) is 48.0 Å². The van der Waals surface area contributed by atoms with Crippen LogP contribution in [0.2, 0.25) is 0 Å². The largest absolute Gasteiger partial charge is 0.508 e. The smallest absolute Gasteiger partial charge is 0.471 e. The molecule has 300 valence electrons.